The minimum atomic E-state index is -4.96. The van der Waals surface area contributed by atoms with Gasteiger partial charge in [0, 0.05) is 25.7 Å². The maximum absolute atomic E-state index is 13.1. The topological polar surface area (TPSA) is 237 Å². The van der Waals surface area contributed by atoms with E-state index in [0.29, 0.717) is 25.7 Å². The normalized spacial score (nSPS) is 13.8. The summed E-state index contributed by atoms with van der Waals surface area (Å²) in [4.78, 5) is 73.0. The van der Waals surface area contributed by atoms with Gasteiger partial charge in [0.15, 0.2) is 12.2 Å². The van der Waals surface area contributed by atoms with Gasteiger partial charge in [0.25, 0.3) is 0 Å². The van der Waals surface area contributed by atoms with Gasteiger partial charge in [-0.1, -0.05) is 381 Å². The number of phosphoric acid groups is 2. The molecule has 0 bridgehead atoms. The molecule has 3 N–H and O–H groups in total. The van der Waals surface area contributed by atoms with Crippen molar-refractivity contribution in [2.75, 3.05) is 39.6 Å². The number of carbonyl (C=O) groups excluding carboxylic acids is 4. The molecule has 594 valence electrons. The van der Waals surface area contributed by atoms with Crippen LogP contribution in [-0.4, -0.2) is 96.7 Å². The number of esters is 4. The summed E-state index contributed by atoms with van der Waals surface area (Å²) in [5.74, 6) is -1.35. The van der Waals surface area contributed by atoms with E-state index in [9.17, 15) is 43.2 Å². The van der Waals surface area contributed by atoms with E-state index >= 15 is 0 Å². The second-order valence-electron chi connectivity index (χ2n) is 29.6. The first kappa shape index (κ1) is 98.1. The highest BCUT2D eigenvalue weighted by atomic mass is 31.2. The van der Waals surface area contributed by atoms with Gasteiger partial charge < -0.3 is 33.8 Å². The molecule has 19 heteroatoms. The zero-order chi connectivity index (χ0) is 73.4. The van der Waals surface area contributed by atoms with Crippen molar-refractivity contribution in [2.45, 2.75) is 451 Å². The first-order valence-electron chi connectivity index (χ1n) is 42.1. The highest BCUT2D eigenvalue weighted by Gasteiger charge is 2.30. The molecule has 0 rings (SSSR count). The van der Waals surface area contributed by atoms with Gasteiger partial charge in [-0.2, -0.15) is 0 Å². The Hall–Kier alpha value is -1.94. The fraction of sp³-hybridized carbons (Fsp3) is 0.951. The SMILES string of the molecule is CCCCCCCCCCCCCCCCCCCCCC(=O)O[C@H](COC(=O)CCCCCCCCCCCCCCCCCC)COP(=O)(O)OC[C@@H](O)COP(=O)(O)OC[C@@H](COC(=O)CCCCCCCCCCCCCC)OC(=O)CCCCCCCCCCCCC(C)C. The molecule has 0 aliphatic heterocycles. The standard InChI is InChI=1S/C81H158O17P2/c1-6-9-12-15-18-21-24-27-29-31-32-33-35-37-40-46-51-56-61-66-80(85)97-76(70-92-79(84)65-60-55-50-45-39-36-34-30-28-25-22-19-16-13-10-7-2)72-95-99(87,88)93-68-75(82)69-94-100(89,90)96-73-77(71-91-78(83)64-59-54-49-44-38-26-23-20-17-14-11-8-3)98-81(86)67-62-57-52-47-42-41-43-48-53-58-63-74(4)5/h74-77,82H,6-73H2,1-5H3,(H,87,88)(H,89,90)/t75-,76-,77-/m1/s1. The second kappa shape index (κ2) is 73.9. The van der Waals surface area contributed by atoms with Gasteiger partial charge in [-0.3, -0.25) is 37.3 Å². The third-order valence-electron chi connectivity index (χ3n) is 19.0. The minimum Gasteiger partial charge on any atom is -0.462 e. The molecule has 0 aromatic heterocycles. The Kier molecular flexibility index (Phi) is 72.5. The molecule has 0 spiro atoms. The van der Waals surface area contributed by atoms with Crippen molar-refractivity contribution in [3.05, 3.63) is 0 Å². The number of ether oxygens (including phenoxy) is 4. The van der Waals surface area contributed by atoms with Crippen LogP contribution in [0.3, 0.4) is 0 Å². The Morgan fingerprint density at radius 3 is 0.680 bits per heavy atom. The predicted molar refractivity (Wildman–Crippen MR) is 409 cm³/mol. The van der Waals surface area contributed by atoms with E-state index in [1.54, 1.807) is 0 Å². The van der Waals surface area contributed by atoms with Crippen molar-refractivity contribution >= 4 is 39.5 Å². The summed E-state index contributed by atoms with van der Waals surface area (Å²) in [6.45, 7) is 7.33. The third-order valence-corrected chi connectivity index (χ3v) is 20.9. The molecule has 0 fully saturated rings. The highest BCUT2D eigenvalue weighted by molar-refractivity contribution is 7.47. The quantitative estimate of drug-likeness (QED) is 0.0222. The van der Waals surface area contributed by atoms with E-state index in [1.807, 2.05) is 0 Å². The van der Waals surface area contributed by atoms with E-state index in [-0.39, 0.29) is 25.7 Å². The van der Waals surface area contributed by atoms with E-state index in [2.05, 4.69) is 34.6 Å². The van der Waals surface area contributed by atoms with Gasteiger partial charge in [0.1, 0.15) is 19.3 Å². The Bertz CT molecular complexity index is 1910. The van der Waals surface area contributed by atoms with Crippen molar-refractivity contribution in [2.24, 2.45) is 5.92 Å². The molecule has 0 aromatic rings. The molecule has 100 heavy (non-hydrogen) atoms. The lowest BCUT2D eigenvalue weighted by atomic mass is 10.0. The van der Waals surface area contributed by atoms with Crippen LogP contribution in [0.15, 0.2) is 0 Å². The van der Waals surface area contributed by atoms with Gasteiger partial charge in [-0.05, 0) is 31.6 Å². The number of phosphoric ester groups is 2. The number of aliphatic hydroxyl groups excluding tert-OH is 1. The average Bonchev–Trinajstić information content (AvgIpc) is 0.964. The van der Waals surface area contributed by atoms with E-state index in [0.717, 1.165) is 95.8 Å². The maximum atomic E-state index is 13.1. The molecule has 0 aliphatic carbocycles. The zero-order valence-electron chi connectivity index (χ0n) is 65.3. The summed E-state index contributed by atoms with van der Waals surface area (Å²) in [6, 6.07) is 0. The molecule has 0 heterocycles. The molecule has 17 nitrogen and oxygen atoms in total. The molecule has 0 aliphatic rings. The lowest BCUT2D eigenvalue weighted by Crippen LogP contribution is -2.30. The van der Waals surface area contributed by atoms with Gasteiger partial charge in [0.2, 0.25) is 0 Å². The fourth-order valence-corrected chi connectivity index (χ4v) is 14.2. The minimum absolute atomic E-state index is 0.107. The van der Waals surface area contributed by atoms with Crippen LogP contribution >= 0.6 is 15.6 Å². The Morgan fingerprint density at radius 1 is 0.270 bits per heavy atom. The third kappa shape index (κ3) is 74.3. The Morgan fingerprint density at radius 2 is 0.460 bits per heavy atom. The Labute approximate surface area is 613 Å². The summed E-state index contributed by atoms with van der Waals surface area (Å²) < 4.78 is 68.7. The van der Waals surface area contributed by atoms with Crippen LogP contribution in [0, 0.1) is 5.92 Å². The summed E-state index contributed by atoms with van der Waals surface area (Å²) in [5, 5.41) is 10.6. The number of aliphatic hydroxyl groups is 1. The summed E-state index contributed by atoms with van der Waals surface area (Å²) in [6.07, 6.45) is 65.1. The van der Waals surface area contributed by atoms with Crippen LogP contribution < -0.4 is 0 Å². The second-order valence-corrected chi connectivity index (χ2v) is 32.5. The number of hydrogen-bond donors (Lipinski definition) is 3. The van der Waals surface area contributed by atoms with Gasteiger partial charge >= 0.3 is 39.5 Å². The van der Waals surface area contributed by atoms with Gasteiger partial charge in [0.05, 0.1) is 26.4 Å². The molecule has 0 amide bonds. The fourth-order valence-electron chi connectivity index (χ4n) is 12.6. The maximum Gasteiger partial charge on any atom is 0.472 e. The van der Waals surface area contributed by atoms with Gasteiger partial charge in [-0.15, -0.1) is 0 Å². The van der Waals surface area contributed by atoms with Crippen LogP contribution in [0.5, 0.6) is 0 Å². The number of unbranched alkanes of at least 4 members (excludes halogenated alkanes) is 53. The first-order valence-corrected chi connectivity index (χ1v) is 45.1. The van der Waals surface area contributed by atoms with E-state index < -0.39 is 97.5 Å². The number of hydrogen-bond acceptors (Lipinski definition) is 15. The lowest BCUT2D eigenvalue weighted by molar-refractivity contribution is -0.161. The van der Waals surface area contributed by atoms with Crippen molar-refractivity contribution in [3.8, 4) is 0 Å². The zero-order valence-corrected chi connectivity index (χ0v) is 67.1. The molecule has 5 atom stereocenters. The van der Waals surface area contributed by atoms with Crippen molar-refractivity contribution < 1.29 is 80.2 Å². The van der Waals surface area contributed by atoms with Gasteiger partial charge in [-0.25, -0.2) is 9.13 Å². The largest absolute Gasteiger partial charge is 0.472 e. The molecule has 0 saturated heterocycles. The van der Waals surface area contributed by atoms with Crippen LogP contribution in [0.2, 0.25) is 0 Å². The molecular weight excluding hydrogens is 1310 g/mol. The first-order chi connectivity index (χ1) is 48.5. The molecule has 0 aromatic carbocycles. The van der Waals surface area contributed by atoms with Crippen LogP contribution in [0.1, 0.15) is 433 Å². The molecule has 0 saturated carbocycles. The molecule has 2 unspecified atom stereocenters. The molecule has 0 radical (unpaired) electrons. The van der Waals surface area contributed by atoms with Crippen LogP contribution in [0.4, 0.5) is 0 Å². The Balaban J connectivity index is 5.25. The summed E-state index contributed by atoms with van der Waals surface area (Å²) >= 11 is 0. The number of carbonyl (C=O) groups is 4. The monoisotopic (exact) mass is 1470 g/mol. The molecular formula is C81H158O17P2. The summed E-state index contributed by atoms with van der Waals surface area (Å²) in [7, 11) is -9.92. The predicted octanol–water partition coefficient (Wildman–Crippen LogP) is 24.4. The average molecular weight is 1470 g/mol. The van der Waals surface area contributed by atoms with Crippen molar-refractivity contribution in [1.82, 2.24) is 0 Å². The van der Waals surface area contributed by atoms with E-state index in [4.69, 9.17) is 37.0 Å². The van der Waals surface area contributed by atoms with E-state index in [1.165, 1.54) is 257 Å². The summed E-state index contributed by atoms with van der Waals surface area (Å²) in [5.41, 5.74) is 0. The lowest BCUT2D eigenvalue weighted by Gasteiger charge is -2.21. The van der Waals surface area contributed by atoms with Crippen LogP contribution in [-0.2, 0) is 65.4 Å². The highest BCUT2D eigenvalue weighted by Crippen LogP contribution is 2.45. The van der Waals surface area contributed by atoms with Crippen molar-refractivity contribution in [1.29, 1.82) is 0 Å². The van der Waals surface area contributed by atoms with Crippen molar-refractivity contribution in [3.63, 3.8) is 0 Å². The number of rotatable bonds is 81. The van der Waals surface area contributed by atoms with Crippen LogP contribution in [0.25, 0.3) is 0 Å². The smallest absolute Gasteiger partial charge is 0.462 e.